The molecule has 0 radical (unpaired) electrons. The van der Waals surface area contributed by atoms with Crippen molar-refractivity contribution >= 4 is 10.8 Å². The molecule has 0 aromatic heterocycles. The van der Waals surface area contributed by atoms with Gasteiger partial charge in [-0.15, -0.1) is 0 Å². The quantitative estimate of drug-likeness (QED) is 0.903. The van der Waals surface area contributed by atoms with E-state index in [1.807, 2.05) is 0 Å². The van der Waals surface area contributed by atoms with Gasteiger partial charge < -0.3 is 5.11 Å². The zero-order valence-electron chi connectivity index (χ0n) is 11.7. The van der Waals surface area contributed by atoms with Gasteiger partial charge in [0.25, 0.3) is 0 Å². The average Bonchev–Trinajstić information content (AvgIpc) is 2.60. The van der Waals surface area contributed by atoms with Crippen LogP contribution in [0.4, 0.5) is 0 Å². The molecule has 1 N–H and O–H groups in total. The summed E-state index contributed by atoms with van der Waals surface area (Å²) >= 11 is 0. The van der Waals surface area contributed by atoms with E-state index in [1.54, 1.807) is 0 Å². The standard InChI is InChI=1S/C16H22O2S/c1-11-4-3-5-13(12(11)2)8-16(17)9-14-6-7-15(10-16)19(14)18/h3-5,14-15,17H,6-10H2,1-2H3. The van der Waals surface area contributed by atoms with Gasteiger partial charge in [-0.25, -0.2) is 0 Å². The predicted molar refractivity (Wildman–Crippen MR) is 78.8 cm³/mol. The van der Waals surface area contributed by atoms with E-state index in [9.17, 15) is 9.32 Å². The van der Waals surface area contributed by atoms with Crippen molar-refractivity contribution in [2.75, 3.05) is 0 Å². The fraction of sp³-hybridized carbons (Fsp3) is 0.625. The number of hydrogen-bond acceptors (Lipinski definition) is 2. The number of aliphatic hydroxyl groups is 1. The molecule has 104 valence electrons. The van der Waals surface area contributed by atoms with E-state index < -0.39 is 16.4 Å². The molecule has 2 aliphatic heterocycles. The topological polar surface area (TPSA) is 37.3 Å². The number of rotatable bonds is 2. The minimum absolute atomic E-state index is 0.230. The Morgan fingerprint density at radius 1 is 1.26 bits per heavy atom. The molecule has 0 spiro atoms. The van der Waals surface area contributed by atoms with Crippen LogP contribution in [0.1, 0.15) is 42.4 Å². The summed E-state index contributed by atoms with van der Waals surface area (Å²) in [4.78, 5) is 0. The average molecular weight is 278 g/mol. The Kier molecular flexibility index (Phi) is 3.30. The lowest BCUT2D eigenvalue weighted by Crippen LogP contribution is -2.44. The van der Waals surface area contributed by atoms with Gasteiger partial charge in [0, 0.05) is 27.7 Å². The fourth-order valence-corrected chi connectivity index (χ4v) is 5.91. The summed E-state index contributed by atoms with van der Waals surface area (Å²) in [5.74, 6) is 0. The molecule has 0 aliphatic carbocycles. The summed E-state index contributed by atoms with van der Waals surface area (Å²) in [7, 11) is -0.693. The molecule has 3 rings (SSSR count). The van der Waals surface area contributed by atoms with Crippen LogP contribution in [0.25, 0.3) is 0 Å². The molecule has 2 saturated heterocycles. The van der Waals surface area contributed by atoms with E-state index in [2.05, 4.69) is 32.0 Å². The summed E-state index contributed by atoms with van der Waals surface area (Å²) in [5, 5.41) is 11.4. The highest BCUT2D eigenvalue weighted by atomic mass is 32.2. The Hall–Kier alpha value is -0.670. The Balaban J connectivity index is 1.83. The second-order valence-corrected chi connectivity index (χ2v) is 8.31. The van der Waals surface area contributed by atoms with E-state index in [1.165, 1.54) is 16.7 Å². The molecule has 3 heteroatoms. The summed E-state index contributed by atoms with van der Waals surface area (Å²) in [6.45, 7) is 4.24. The monoisotopic (exact) mass is 278 g/mol. The van der Waals surface area contributed by atoms with Gasteiger partial charge in [-0.05, 0) is 56.2 Å². The first kappa shape index (κ1) is 13.3. The van der Waals surface area contributed by atoms with E-state index in [0.29, 0.717) is 19.3 Å². The molecular formula is C16H22O2S. The van der Waals surface area contributed by atoms with Gasteiger partial charge in [-0.1, -0.05) is 18.2 Å². The van der Waals surface area contributed by atoms with Crippen LogP contribution >= 0.6 is 0 Å². The molecule has 2 nitrogen and oxygen atoms in total. The van der Waals surface area contributed by atoms with Gasteiger partial charge in [0.1, 0.15) is 0 Å². The number of hydrogen-bond donors (Lipinski definition) is 1. The molecule has 2 atom stereocenters. The molecule has 0 saturated carbocycles. The molecule has 2 heterocycles. The lowest BCUT2D eigenvalue weighted by Gasteiger charge is -2.36. The third-order valence-corrected chi connectivity index (χ3v) is 7.04. The van der Waals surface area contributed by atoms with Crippen LogP contribution in [-0.4, -0.2) is 25.4 Å². The van der Waals surface area contributed by atoms with Crippen molar-refractivity contribution in [3.05, 3.63) is 34.9 Å². The second-order valence-electron chi connectivity index (χ2n) is 6.32. The third-order valence-electron chi connectivity index (χ3n) is 4.92. The van der Waals surface area contributed by atoms with Crippen LogP contribution < -0.4 is 0 Å². The third kappa shape index (κ3) is 2.38. The number of fused-ring (bicyclic) bond motifs is 2. The minimum atomic E-state index is -0.693. The Labute approximate surface area is 117 Å². The van der Waals surface area contributed by atoms with Crippen molar-refractivity contribution < 1.29 is 9.32 Å². The smallest absolute Gasteiger partial charge is 0.0711 e. The Morgan fingerprint density at radius 2 is 1.89 bits per heavy atom. The molecule has 2 aliphatic rings. The first-order chi connectivity index (χ1) is 8.98. The minimum Gasteiger partial charge on any atom is -0.389 e. The van der Waals surface area contributed by atoms with Gasteiger partial charge in [-0.3, -0.25) is 4.21 Å². The zero-order valence-corrected chi connectivity index (χ0v) is 12.5. The molecule has 2 unspecified atom stereocenters. The van der Waals surface area contributed by atoms with E-state index in [-0.39, 0.29) is 10.5 Å². The Morgan fingerprint density at radius 3 is 2.53 bits per heavy atom. The largest absolute Gasteiger partial charge is 0.389 e. The fourth-order valence-electron chi connectivity index (χ4n) is 3.68. The van der Waals surface area contributed by atoms with Crippen molar-refractivity contribution in [2.24, 2.45) is 0 Å². The van der Waals surface area contributed by atoms with Crippen LogP contribution in [0.3, 0.4) is 0 Å². The van der Waals surface area contributed by atoms with Crippen LogP contribution in [0, 0.1) is 13.8 Å². The predicted octanol–water partition coefficient (Wildman–Crippen LogP) is 2.65. The maximum atomic E-state index is 12.0. The summed E-state index contributed by atoms with van der Waals surface area (Å²) < 4.78 is 12.0. The molecule has 1 aromatic carbocycles. The number of benzene rings is 1. The lowest BCUT2D eigenvalue weighted by molar-refractivity contribution is 0.0229. The van der Waals surface area contributed by atoms with E-state index in [4.69, 9.17) is 0 Å². The maximum absolute atomic E-state index is 12.0. The van der Waals surface area contributed by atoms with Crippen LogP contribution in [-0.2, 0) is 17.2 Å². The first-order valence-electron chi connectivity index (χ1n) is 7.15. The molecule has 0 amide bonds. The highest BCUT2D eigenvalue weighted by Crippen LogP contribution is 2.42. The van der Waals surface area contributed by atoms with Gasteiger partial charge in [0.05, 0.1) is 5.60 Å². The zero-order chi connectivity index (χ0) is 13.6. The van der Waals surface area contributed by atoms with E-state index in [0.717, 1.165) is 12.8 Å². The van der Waals surface area contributed by atoms with Gasteiger partial charge in [0.15, 0.2) is 0 Å². The van der Waals surface area contributed by atoms with Gasteiger partial charge >= 0.3 is 0 Å². The molecule has 19 heavy (non-hydrogen) atoms. The highest BCUT2D eigenvalue weighted by Gasteiger charge is 2.47. The summed E-state index contributed by atoms with van der Waals surface area (Å²) in [6, 6.07) is 6.30. The van der Waals surface area contributed by atoms with Crippen LogP contribution in [0.15, 0.2) is 18.2 Å². The summed E-state index contributed by atoms with van der Waals surface area (Å²) in [6.07, 6.45) is 4.20. The van der Waals surface area contributed by atoms with Crippen molar-refractivity contribution in [1.82, 2.24) is 0 Å². The van der Waals surface area contributed by atoms with Crippen molar-refractivity contribution in [1.29, 1.82) is 0 Å². The molecule has 1 aromatic rings. The highest BCUT2D eigenvalue weighted by molar-refractivity contribution is 7.86. The van der Waals surface area contributed by atoms with Gasteiger partial charge in [0.2, 0.25) is 0 Å². The van der Waals surface area contributed by atoms with Crippen molar-refractivity contribution in [3.8, 4) is 0 Å². The normalized spacial score (nSPS) is 37.5. The first-order valence-corrected chi connectivity index (χ1v) is 8.43. The molecule has 2 bridgehead atoms. The molecular weight excluding hydrogens is 256 g/mol. The van der Waals surface area contributed by atoms with E-state index >= 15 is 0 Å². The van der Waals surface area contributed by atoms with Crippen LogP contribution in [0.5, 0.6) is 0 Å². The van der Waals surface area contributed by atoms with Gasteiger partial charge in [-0.2, -0.15) is 0 Å². The summed E-state index contributed by atoms with van der Waals surface area (Å²) in [5.41, 5.74) is 3.17. The Bertz CT molecular complexity index is 507. The maximum Gasteiger partial charge on any atom is 0.0711 e. The number of aryl methyl sites for hydroxylation is 1. The van der Waals surface area contributed by atoms with Crippen molar-refractivity contribution in [3.63, 3.8) is 0 Å². The second kappa shape index (κ2) is 4.71. The van der Waals surface area contributed by atoms with Crippen molar-refractivity contribution in [2.45, 2.75) is 62.1 Å². The van der Waals surface area contributed by atoms with Crippen LogP contribution in [0.2, 0.25) is 0 Å². The SMILES string of the molecule is Cc1cccc(CC2(O)CC3CCC(C2)S3=O)c1C. The lowest BCUT2D eigenvalue weighted by atomic mass is 9.85. The molecule has 2 fully saturated rings.